The molecule has 1 aliphatic heterocycles. The number of para-hydroxylation sites is 2. The highest BCUT2D eigenvalue weighted by Gasteiger charge is 2.21. The number of carbonyl (C=O) groups excluding carboxylic acids is 1. The van der Waals surface area contributed by atoms with Gasteiger partial charge in [-0.05, 0) is 54.5 Å². The molecule has 0 spiro atoms. The Balaban J connectivity index is 1.47. The average molecular weight is 602 g/mol. The zero-order valence-electron chi connectivity index (χ0n) is 24.4. The Kier molecular flexibility index (Phi) is 11.4. The lowest BCUT2D eigenvalue weighted by molar-refractivity contribution is -0.763. The molecule has 0 fully saturated rings. The number of nitrogens with one attached hydrogen (secondary N) is 1. The third-order valence-electron chi connectivity index (χ3n) is 6.64. The molecule has 1 amide bonds. The predicted octanol–water partition coefficient (Wildman–Crippen LogP) is 4.96. The number of nitrogens with zero attached hydrogens (tertiary/aromatic N) is 2. The number of hydrogen-bond acceptors (Lipinski definition) is 9. The fraction of sp³-hybridized carbons (Fsp3) is 0.242. The highest BCUT2D eigenvalue weighted by atomic mass is 16.9. The van der Waals surface area contributed by atoms with E-state index in [1.54, 1.807) is 30.3 Å². The third-order valence-corrected chi connectivity index (χ3v) is 6.64. The summed E-state index contributed by atoms with van der Waals surface area (Å²) in [4.78, 5) is 30.2. The highest BCUT2D eigenvalue weighted by molar-refractivity contribution is 5.94. The molecule has 2 N–H and O–H groups in total. The topological polar surface area (TPSA) is 133 Å². The summed E-state index contributed by atoms with van der Waals surface area (Å²) in [6.45, 7) is 3.83. The second kappa shape index (κ2) is 15.8. The smallest absolute Gasteiger partial charge is 0.294 e. The molecule has 0 radical (unpaired) electrons. The maximum Gasteiger partial charge on any atom is 0.294 e. The maximum absolute atomic E-state index is 13.6. The molecular weight excluding hydrogens is 566 g/mol. The Labute approximate surface area is 255 Å². The Morgan fingerprint density at radius 3 is 2.64 bits per heavy atom. The van der Waals surface area contributed by atoms with E-state index < -0.39 is 17.1 Å². The Morgan fingerprint density at radius 1 is 1.07 bits per heavy atom. The van der Waals surface area contributed by atoms with E-state index in [0.717, 1.165) is 16.9 Å². The molecule has 0 bridgehead atoms. The lowest BCUT2D eigenvalue weighted by Gasteiger charge is -2.26. The maximum atomic E-state index is 13.6. The van der Waals surface area contributed by atoms with E-state index in [4.69, 9.17) is 14.2 Å². The minimum atomic E-state index is -1.04. The van der Waals surface area contributed by atoms with Crippen molar-refractivity contribution in [2.24, 2.45) is 0 Å². The molecule has 230 valence electrons. The molecule has 0 saturated heterocycles. The average Bonchev–Trinajstić information content (AvgIpc) is 3.12. The second-order valence-corrected chi connectivity index (χ2v) is 9.84. The van der Waals surface area contributed by atoms with Crippen LogP contribution in [0.4, 0.5) is 5.69 Å². The SMILES string of the molecule is C=C1/C=C\C=C/Cc2c(cccc2OCC(O)CN(CCOc2ccccc2OC)C(=O)c2cccc(CO[N+](=O)[O-])c2)N1. The minimum Gasteiger partial charge on any atom is -0.493 e. The molecule has 3 aromatic rings. The van der Waals surface area contributed by atoms with Crippen molar-refractivity contribution >= 4 is 11.6 Å². The first kappa shape index (κ1) is 31.6. The number of amides is 1. The van der Waals surface area contributed by atoms with Crippen LogP contribution in [0.1, 0.15) is 21.5 Å². The van der Waals surface area contributed by atoms with Gasteiger partial charge in [0.05, 0.1) is 20.2 Å². The van der Waals surface area contributed by atoms with Gasteiger partial charge in [0.2, 0.25) is 0 Å². The first-order chi connectivity index (χ1) is 21.3. The summed E-state index contributed by atoms with van der Waals surface area (Å²) in [7, 11) is 1.54. The number of carbonyl (C=O) groups is 1. The minimum absolute atomic E-state index is 0.0579. The van der Waals surface area contributed by atoms with E-state index in [1.807, 2.05) is 54.6 Å². The molecule has 0 saturated carbocycles. The number of ether oxygens (including phenoxy) is 3. The van der Waals surface area contributed by atoms with Crippen LogP contribution in [0.15, 0.2) is 103 Å². The van der Waals surface area contributed by atoms with E-state index in [-0.39, 0.29) is 38.5 Å². The van der Waals surface area contributed by atoms with Crippen LogP contribution >= 0.6 is 0 Å². The number of hydrogen-bond donors (Lipinski definition) is 2. The van der Waals surface area contributed by atoms with Crippen molar-refractivity contribution < 1.29 is 34.0 Å². The second-order valence-electron chi connectivity index (χ2n) is 9.84. The largest absolute Gasteiger partial charge is 0.493 e. The van der Waals surface area contributed by atoms with Crippen LogP contribution in [0.2, 0.25) is 0 Å². The number of anilines is 1. The van der Waals surface area contributed by atoms with Crippen LogP contribution in [-0.2, 0) is 17.9 Å². The van der Waals surface area contributed by atoms with Crippen LogP contribution in [-0.4, -0.2) is 60.5 Å². The van der Waals surface area contributed by atoms with E-state index in [2.05, 4.69) is 16.7 Å². The van der Waals surface area contributed by atoms with Gasteiger partial charge in [0, 0.05) is 22.5 Å². The summed E-state index contributed by atoms with van der Waals surface area (Å²) >= 11 is 0. The number of fused-ring (bicyclic) bond motifs is 1. The van der Waals surface area contributed by atoms with Gasteiger partial charge in [-0.3, -0.25) is 4.79 Å². The van der Waals surface area contributed by atoms with Crippen molar-refractivity contribution in [3.05, 3.63) is 130 Å². The summed E-state index contributed by atoms with van der Waals surface area (Å²) in [6, 6.07) is 19.1. The van der Waals surface area contributed by atoms with Gasteiger partial charge in [0.15, 0.2) is 11.5 Å². The Hall–Kier alpha value is -5.29. The molecule has 1 atom stereocenters. The first-order valence-electron chi connectivity index (χ1n) is 14.0. The van der Waals surface area contributed by atoms with Crippen molar-refractivity contribution in [2.75, 3.05) is 38.7 Å². The number of aliphatic hydroxyl groups is 1. The summed E-state index contributed by atoms with van der Waals surface area (Å²) in [5, 5.41) is 24.1. The van der Waals surface area contributed by atoms with Crippen LogP contribution in [0.25, 0.3) is 0 Å². The summed E-state index contributed by atoms with van der Waals surface area (Å²) in [5.41, 5.74) is 3.23. The molecule has 1 unspecified atom stereocenters. The van der Waals surface area contributed by atoms with Gasteiger partial charge in [-0.15, -0.1) is 10.1 Å². The number of aliphatic hydroxyl groups excluding tert-OH is 1. The number of benzene rings is 3. The van der Waals surface area contributed by atoms with Gasteiger partial charge < -0.3 is 34.4 Å². The van der Waals surface area contributed by atoms with Gasteiger partial charge >= 0.3 is 0 Å². The van der Waals surface area contributed by atoms with Crippen molar-refractivity contribution in [1.82, 2.24) is 4.90 Å². The molecular formula is C33H35N3O8. The quantitative estimate of drug-likeness (QED) is 0.194. The number of methoxy groups -OCH3 is 1. The molecule has 1 heterocycles. The zero-order chi connectivity index (χ0) is 31.3. The summed E-state index contributed by atoms with van der Waals surface area (Å²) in [5.74, 6) is 1.28. The third kappa shape index (κ3) is 9.10. The van der Waals surface area contributed by atoms with E-state index in [0.29, 0.717) is 29.2 Å². The van der Waals surface area contributed by atoms with Crippen LogP contribution in [0.5, 0.6) is 17.2 Å². The highest BCUT2D eigenvalue weighted by Crippen LogP contribution is 2.29. The Morgan fingerprint density at radius 2 is 1.84 bits per heavy atom. The normalized spacial score (nSPS) is 14.4. The monoisotopic (exact) mass is 601 g/mol. The van der Waals surface area contributed by atoms with E-state index in [9.17, 15) is 20.0 Å². The van der Waals surface area contributed by atoms with Gasteiger partial charge in [-0.25, -0.2) is 0 Å². The molecule has 0 aliphatic carbocycles. The predicted molar refractivity (Wildman–Crippen MR) is 165 cm³/mol. The molecule has 11 heteroatoms. The molecule has 1 aliphatic rings. The molecule has 11 nitrogen and oxygen atoms in total. The van der Waals surface area contributed by atoms with Gasteiger partial charge in [0.25, 0.3) is 11.0 Å². The number of rotatable bonds is 14. The lowest BCUT2D eigenvalue weighted by Crippen LogP contribution is -2.42. The molecule has 0 aromatic heterocycles. The van der Waals surface area contributed by atoms with Crippen LogP contribution < -0.4 is 19.5 Å². The number of allylic oxidation sites excluding steroid dienone is 4. The standard InChI is InChI=1S/C33H35N3O8/c1-24-10-4-3-5-13-28-29(34-24)14-9-17-30(28)43-23-27(37)21-35(18-19-42-32-16-7-6-15-31(32)41-2)33(38)26-12-8-11-25(20-26)22-44-36(39)40/h3-12,14-17,20,27,34,37H,1,13,18-19,21-23H2,2H3/b5-3-,10-4-. The van der Waals surface area contributed by atoms with Crippen LogP contribution in [0.3, 0.4) is 0 Å². The zero-order valence-corrected chi connectivity index (χ0v) is 24.4. The van der Waals surface area contributed by atoms with E-state index >= 15 is 0 Å². The summed E-state index contributed by atoms with van der Waals surface area (Å²) < 4.78 is 17.3. The van der Waals surface area contributed by atoms with Crippen molar-refractivity contribution in [3.8, 4) is 17.2 Å². The van der Waals surface area contributed by atoms with Crippen molar-refractivity contribution in [1.29, 1.82) is 0 Å². The first-order valence-corrected chi connectivity index (χ1v) is 14.0. The van der Waals surface area contributed by atoms with E-state index in [1.165, 1.54) is 18.1 Å². The fourth-order valence-electron chi connectivity index (χ4n) is 4.56. The molecule has 3 aromatic carbocycles. The van der Waals surface area contributed by atoms with Crippen molar-refractivity contribution in [2.45, 2.75) is 19.1 Å². The molecule has 4 rings (SSSR count). The van der Waals surface area contributed by atoms with Crippen LogP contribution in [0, 0.1) is 10.1 Å². The van der Waals surface area contributed by atoms with Gasteiger partial charge in [0.1, 0.15) is 31.7 Å². The van der Waals surface area contributed by atoms with Gasteiger partial charge in [-0.1, -0.05) is 55.1 Å². The Bertz CT molecular complexity index is 1520. The fourth-order valence-corrected chi connectivity index (χ4v) is 4.56. The molecule has 44 heavy (non-hydrogen) atoms. The van der Waals surface area contributed by atoms with Crippen molar-refractivity contribution in [3.63, 3.8) is 0 Å². The lowest BCUT2D eigenvalue weighted by atomic mass is 10.1. The van der Waals surface area contributed by atoms with Gasteiger partial charge in [-0.2, -0.15) is 0 Å². The summed E-state index contributed by atoms with van der Waals surface area (Å²) in [6.07, 6.45) is 7.28.